The van der Waals surface area contributed by atoms with Crippen LogP contribution in [0.15, 0.2) is 66.7 Å². The van der Waals surface area contributed by atoms with E-state index < -0.39 is 6.09 Å². The van der Waals surface area contributed by atoms with E-state index in [1.807, 2.05) is 48.5 Å². The third kappa shape index (κ3) is 8.30. The number of nitrogens with zero attached hydrogens (tertiary/aromatic N) is 1. The molecule has 0 bridgehead atoms. The summed E-state index contributed by atoms with van der Waals surface area (Å²) < 4.78 is 6.72. The number of halogens is 1. The van der Waals surface area contributed by atoms with Gasteiger partial charge in [0, 0.05) is 35.5 Å². The molecule has 0 atom stereocenters. The zero-order valence-corrected chi connectivity index (χ0v) is 23.3. The summed E-state index contributed by atoms with van der Waals surface area (Å²) in [5.74, 6) is -0.111. The number of aryl methyl sites for hydroxylation is 1. The number of likely N-dealkylation sites (tertiary alicyclic amines) is 1. The second-order valence-corrected chi connectivity index (χ2v) is 11.1. The first-order valence-electron chi connectivity index (χ1n) is 13.4. The summed E-state index contributed by atoms with van der Waals surface area (Å²) in [5.41, 5.74) is 4.84. The van der Waals surface area contributed by atoms with Crippen LogP contribution in [-0.2, 0) is 22.6 Å². The van der Waals surface area contributed by atoms with Crippen molar-refractivity contribution in [1.82, 2.24) is 0 Å². The fourth-order valence-electron chi connectivity index (χ4n) is 4.80. The number of ether oxygens (including phenoxy) is 1. The molecular formula is C31H37ClN3O4+. The Hall–Kier alpha value is -3.39. The van der Waals surface area contributed by atoms with E-state index in [-0.39, 0.29) is 18.6 Å². The molecule has 1 aliphatic heterocycles. The normalized spacial score (nSPS) is 15.0. The number of amides is 2. The van der Waals surface area contributed by atoms with E-state index in [0.717, 1.165) is 47.1 Å². The Balaban J connectivity index is 1.38. The van der Waals surface area contributed by atoms with E-state index in [9.17, 15) is 14.7 Å². The Morgan fingerprint density at radius 2 is 1.74 bits per heavy atom. The molecule has 0 unspecified atom stereocenters. The second kappa shape index (κ2) is 13.1. The van der Waals surface area contributed by atoms with Gasteiger partial charge in [0.15, 0.2) is 0 Å². The van der Waals surface area contributed by atoms with Gasteiger partial charge in [-0.25, -0.2) is 4.79 Å². The fourth-order valence-corrected chi connectivity index (χ4v) is 5.04. The lowest BCUT2D eigenvalue weighted by molar-refractivity contribution is -0.896. The zero-order chi connectivity index (χ0) is 27.8. The summed E-state index contributed by atoms with van der Waals surface area (Å²) >= 11 is 6.12. The lowest BCUT2D eigenvalue weighted by atomic mass is 9.99. The molecule has 3 aromatic rings. The van der Waals surface area contributed by atoms with Gasteiger partial charge >= 0.3 is 6.09 Å². The van der Waals surface area contributed by atoms with Crippen molar-refractivity contribution in [2.75, 3.05) is 37.8 Å². The van der Waals surface area contributed by atoms with Crippen LogP contribution in [0.5, 0.6) is 0 Å². The van der Waals surface area contributed by atoms with Crippen LogP contribution in [0.3, 0.4) is 0 Å². The van der Waals surface area contributed by atoms with Crippen molar-refractivity contribution in [2.45, 2.75) is 44.8 Å². The van der Waals surface area contributed by atoms with E-state index in [0.29, 0.717) is 41.2 Å². The molecule has 1 aliphatic rings. The SMILES string of the molecule is C[N+]1(C)CCC(OC(=O)Nc2cc(CCCC(=O)Nc3ccc(CO)c(Cl)c3)ccc2-c2ccccc2)CC1. The van der Waals surface area contributed by atoms with E-state index in [4.69, 9.17) is 16.3 Å². The largest absolute Gasteiger partial charge is 0.446 e. The van der Waals surface area contributed by atoms with Crippen LogP contribution in [-0.4, -0.2) is 54.9 Å². The molecule has 2 amide bonds. The molecule has 1 saturated heterocycles. The molecule has 206 valence electrons. The van der Waals surface area contributed by atoms with Crippen LogP contribution >= 0.6 is 11.6 Å². The van der Waals surface area contributed by atoms with Gasteiger partial charge in [-0.05, 0) is 47.7 Å². The number of nitrogens with one attached hydrogen (secondary N) is 2. The summed E-state index contributed by atoms with van der Waals surface area (Å²) in [6.45, 7) is 1.82. The number of aliphatic hydroxyl groups is 1. The molecule has 8 heteroatoms. The maximum absolute atomic E-state index is 12.9. The third-order valence-electron chi connectivity index (χ3n) is 7.17. The molecule has 1 fully saturated rings. The first kappa shape index (κ1) is 28.6. The molecule has 0 radical (unpaired) electrons. The second-order valence-electron chi connectivity index (χ2n) is 10.7. The Labute approximate surface area is 235 Å². The van der Waals surface area contributed by atoms with Gasteiger partial charge in [0.1, 0.15) is 6.10 Å². The summed E-state index contributed by atoms with van der Waals surface area (Å²) in [6, 6.07) is 21.0. The maximum atomic E-state index is 12.9. The minimum absolute atomic E-state index is 0.0762. The van der Waals surface area contributed by atoms with Crippen LogP contribution in [0.2, 0.25) is 5.02 Å². The average Bonchev–Trinajstić information content (AvgIpc) is 2.91. The lowest BCUT2D eigenvalue weighted by Gasteiger charge is -2.36. The number of hydrogen-bond acceptors (Lipinski definition) is 4. The van der Waals surface area contributed by atoms with Crippen LogP contribution in [0, 0.1) is 0 Å². The highest BCUT2D eigenvalue weighted by atomic mass is 35.5. The quantitative estimate of drug-likeness (QED) is 0.275. The maximum Gasteiger partial charge on any atom is 0.411 e. The van der Waals surface area contributed by atoms with Gasteiger partial charge in [-0.2, -0.15) is 0 Å². The highest BCUT2D eigenvalue weighted by Crippen LogP contribution is 2.30. The monoisotopic (exact) mass is 550 g/mol. The average molecular weight is 551 g/mol. The van der Waals surface area contributed by atoms with Crippen molar-refractivity contribution in [2.24, 2.45) is 0 Å². The van der Waals surface area contributed by atoms with Crippen molar-refractivity contribution < 1.29 is 23.9 Å². The van der Waals surface area contributed by atoms with Crippen LogP contribution in [0.25, 0.3) is 11.1 Å². The predicted octanol–water partition coefficient (Wildman–Crippen LogP) is 6.25. The number of carbonyl (C=O) groups is 2. The molecule has 4 rings (SSSR count). The third-order valence-corrected chi connectivity index (χ3v) is 7.52. The van der Waals surface area contributed by atoms with E-state index in [2.05, 4.69) is 24.7 Å². The Morgan fingerprint density at radius 1 is 1.00 bits per heavy atom. The first-order valence-corrected chi connectivity index (χ1v) is 13.8. The number of hydrogen-bond donors (Lipinski definition) is 3. The molecule has 0 aliphatic carbocycles. The van der Waals surface area contributed by atoms with Crippen molar-refractivity contribution in [3.05, 3.63) is 82.9 Å². The van der Waals surface area contributed by atoms with Crippen LogP contribution < -0.4 is 10.6 Å². The van der Waals surface area contributed by atoms with Crippen LogP contribution in [0.1, 0.15) is 36.8 Å². The van der Waals surface area contributed by atoms with Gasteiger partial charge in [-0.1, -0.05) is 60.1 Å². The van der Waals surface area contributed by atoms with Crippen molar-refractivity contribution in [3.63, 3.8) is 0 Å². The first-order chi connectivity index (χ1) is 18.7. The number of anilines is 2. The van der Waals surface area contributed by atoms with E-state index in [1.165, 1.54) is 0 Å². The van der Waals surface area contributed by atoms with Gasteiger partial charge < -0.3 is 19.6 Å². The molecule has 0 saturated carbocycles. The Morgan fingerprint density at radius 3 is 2.44 bits per heavy atom. The predicted molar refractivity (Wildman–Crippen MR) is 156 cm³/mol. The van der Waals surface area contributed by atoms with Crippen molar-refractivity contribution in [1.29, 1.82) is 0 Å². The smallest absolute Gasteiger partial charge is 0.411 e. The summed E-state index contributed by atoms with van der Waals surface area (Å²) in [6.07, 6.45) is 2.84. The fraction of sp³-hybridized carbons (Fsp3) is 0.355. The van der Waals surface area contributed by atoms with Gasteiger partial charge in [-0.15, -0.1) is 0 Å². The zero-order valence-electron chi connectivity index (χ0n) is 22.6. The summed E-state index contributed by atoms with van der Waals surface area (Å²) in [7, 11) is 4.39. The van der Waals surface area contributed by atoms with Gasteiger partial charge in [-0.3, -0.25) is 10.1 Å². The molecule has 39 heavy (non-hydrogen) atoms. The van der Waals surface area contributed by atoms with E-state index in [1.54, 1.807) is 18.2 Å². The van der Waals surface area contributed by atoms with Crippen molar-refractivity contribution in [3.8, 4) is 11.1 Å². The van der Waals surface area contributed by atoms with Gasteiger partial charge in [0.2, 0.25) is 5.91 Å². The Bertz CT molecular complexity index is 1290. The van der Waals surface area contributed by atoms with Crippen LogP contribution in [0.4, 0.5) is 16.2 Å². The molecule has 1 heterocycles. The standard InChI is InChI=1S/C31H36ClN3O4/c1-35(2)17-15-26(16-18-35)39-31(38)34-29-19-22(11-14-27(29)23-8-4-3-5-9-23)7-6-10-30(37)33-25-13-12-24(21-36)28(32)20-25/h3-5,8-9,11-14,19-20,26,36H,6-7,10,15-18,21H2,1-2H3,(H-,33,34,37,38)/p+1. The van der Waals surface area contributed by atoms with Gasteiger partial charge in [0.05, 0.1) is 39.5 Å². The Kier molecular flexibility index (Phi) is 9.62. The topological polar surface area (TPSA) is 87.7 Å². The minimum Gasteiger partial charge on any atom is -0.446 e. The number of carbonyl (C=O) groups excluding carboxylic acids is 2. The number of rotatable bonds is 9. The highest BCUT2D eigenvalue weighted by molar-refractivity contribution is 6.31. The molecule has 3 N–H and O–H groups in total. The van der Waals surface area contributed by atoms with Crippen molar-refractivity contribution >= 4 is 35.0 Å². The summed E-state index contributed by atoms with van der Waals surface area (Å²) in [4.78, 5) is 25.3. The molecule has 0 spiro atoms. The number of quaternary nitrogens is 1. The van der Waals surface area contributed by atoms with E-state index >= 15 is 0 Å². The molecular weight excluding hydrogens is 514 g/mol. The molecule has 0 aromatic heterocycles. The lowest BCUT2D eigenvalue weighted by Crippen LogP contribution is -2.48. The minimum atomic E-state index is -0.438. The number of aliphatic hydroxyl groups excluding tert-OH is 1. The molecule has 3 aromatic carbocycles. The molecule has 7 nitrogen and oxygen atoms in total. The highest BCUT2D eigenvalue weighted by Gasteiger charge is 2.28. The summed E-state index contributed by atoms with van der Waals surface area (Å²) in [5, 5.41) is 15.5. The number of piperidine rings is 1. The van der Waals surface area contributed by atoms with Gasteiger partial charge in [0.25, 0.3) is 0 Å². The number of benzene rings is 3.